The Morgan fingerprint density at radius 1 is 1.13 bits per heavy atom. The van der Waals surface area contributed by atoms with Gasteiger partial charge in [0.05, 0.1) is 17.7 Å². The molecule has 23 heavy (non-hydrogen) atoms. The number of rotatable bonds is 6. The molecule has 2 unspecified atom stereocenters. The zero-order valence-electron chi connectivity index (χ0n) is 13.6. The second kappa shape index (κ2) is 7.77. The number of nitrogens with one attached hydrogen (secondary N) is 1. The van der Waals surface area contributed by atoms with E-state index >= 15 is 0 Å². The summed E-state index contributed by atoms with van der Waals surface area (Å²) < 4.78 is 13.6. The first-order chi connectivity index (χ1) is 10.9. The number of aliphatic hydroxyl groups is 1. The summed E-state index contributed by atoms with van der Waals surface area (Å²) in [4.78, 5) is 2.04. The monoisotopic (exact) mass is 336 g/mol. The van der Waals surface area contributed by atoms with Crippen LogP contribution < -0.4 is 10.2 Å². The van der Waals surface area contributed by atoms with E-state index in [9.17, 15) is 9.50 Å². The number of halogens is 2. The lowest BCUT2D eigenvalue weighted by Crippen LogP contribution is -2.27. The zero-order valence-corrected chi connectivity index (χ0v) is 14.3. The maximum Gasteiger partial charge on any atom is 0.142 e. The molecule has 0 saturated carbocycles. The highest BCUT2D eigenvalue weighted by molar-refractivity contribution is 6.30. The van der Waals surface area contributed by atoms with E-state index in [1.54, 1.807) is 6.07 Å². The van der Waals surface area contributed by atoms with Crippen molar-refractivity contribution in [3.63, 3.8) is 0 Å². The molecule has 0 heterocycles. The maximum atomic E-state index is 13.6. The molecular formula is C18H22ClFN2O. The van der Waals surface area contributed by atoms with Crippen molar-refractivity contribution in [1.82, 2.24) is 5.32 Å². The first-order valence-electron chi connectivity index (χ1n) is 7.51. The molecule has 0 amide bonds. The van der Waals surface area contributed by atoms with E-state index in [0.717, 1.165) is 11.3 Å². The smallest absolute Gasteiger partial charge is 0.142 e. The Kier molecular flexibility index (Phi) is 5.99. The second-order valence-corrected chi connectivity index (χ2v) is 6.19. The van der Waals surface area contributed by atoms with Crippen molar-refractivity contribution in [1.29, 1.82) is 0 Å². The first-order valence-corrected chi connectivity index (χ1v) is 7.89. The minimum Gasteiger partial charge on any atom is -0.394 e. The Bertz CT molecular complexity index is 646. The number of aliphatic hydroxyl groups excluding tert-OH is 1. The Morgan fingerprint density at radius 2 is 1.74 bits per heavy atom. The molecule has 0 spiro atoms. The molecular weight excluding hydrogens is 315 g/mol. The van der Waals surface area contributed by atoms with Gasteiger partial charge in [0.1, 0.15) is 5.82 Å². The van der Waals surface area contributed by atoms with Crippen LogP contribution in [0.15, 0.2) is 42.5 Å². The van der Waals surface area contributed by atoms with Crippen LogP contribution in [0.5, 0.6) is 0 Å². The van der Waals surface area contributed by atoms with Crippen LogP contribution in [0.2, 0.25) is 5.02 Å². The van der Waals surface area contributed by atoms with E-state index < -0.39 is 5.82 Å². The third-order valence-corrected chi connectivity index (χ3v) is 4.20. The highest BCUT2D eigenvalue weighted by atomic mass is 35.5. The summed E-state index contributed by atoms with van der Waals surface area (Å²) in [7, 11) is 3.99. The van der Waals surface area contributed by atoms with Gasteiger partial charge in [0.15, 0.2) is 0 Å². The van der Waals surface area contributed by atoms with Crippen molar-refractivity contribution in [2.45, 2.75) is 19.0 Å². The van der Waals surface area contributed by atoms with Crippen molar-refractivity contribution >= 4 is 17.3 Å². The molecule has 0 bridgehead atoms. The number of anilines is 1. The first kappa shape index (κ1) is 17.7. The summed E-state index contributed by atoms with van der Waals surface area (Å²) in [5.41, 5.74) is 2.90. The van der Waals surface area contributed by atoms with Crippen LogP contribution in [0, 0.1) is 5.82 Å². The molecule has 0 aliphatic heterocycles. The average Bonchev–Trinajstić information content (AvgIpc) is 2.55. The van der Waals surface area contributed by atoms with Gasteiger partial charge in [0, 0.05) is 25.8 Å². The van der Waals surface area contributed by atoms with E-state index in [1.165, 1.54) is 12.1 Å². The zero-order chi connectivity index (χ0) is 17.0. The molecule has 0 radical (unpaired) electrons. The van der Waals surface area contributed by atoms with E-state index in [1.807, 2.05) is 50.2 Å². The molecule has 124 valence electrons. The van der Waals surface area contributed by atoms with Gasteiger partial charge in [-0.05, 0) is 42.3 Å². The van der Waals surface area contributed by atoms with Crippen LogP contribution in [0.4, 0.5) is 10.1 Å². The fourth-order valence-corrected chi connectivity index (χ4v) is 2.56. The Morgan fingerprint density at radius 3 is 2.26 bits per heavy atom. The van der Waals surface area contributed by atoms with Gasteiger partial charge in [-0.1, -0.05) is 29.8 Å². The van der Waals surface area contributed by atoms with Crippen molar-refractivity contribution < 1.29 is 9.50 Å². The summed E-state index contributed by atoms with van der Waals surface area (Å²) in [5.74, 6) is -0.479. The highest BCUT2D eigenvalue weighted by Gasteiger charge is 2.16. The van der Waals surface area contributed by atoms with Gasteiger partial charge in [-0.15, -0.1) is 0 Å². The Balaban J connectivity index is 2.12. The van der Waals surface area contributed by atoms with Gasteiger partial charge in [0.2, 0.25) is 0 Å². The van der Waals surface area contributed by atoms with Crippen LogP contribution in [0.3, 0.4) is 0 Å². The summed E-state index contributed by atoms with van der Waals surface area (Å²) in [6.07, 6.45) is 0. The highest BCUT2D eigenvalue weighted by Crippen LogP contribution is 2.24. The molecule has 2 aromatic rings. The van der Waals surface area contributed by atoms with Crippen LogP contribution in [-0.2, 0) is 0 Å². The minimum absolute atomic E-state index is 0.0158. The van der Waals surface area contributed by atoms with Crippen molar-refractivity contribution in [3.05, 3.63) is 64.4 Å². The van der Waals surface area contributed by atoms with E-state index in [0.29, 0.717) is 5.56 Å². The molecule has 2 rings (SSSR count). The summed E-state index contributed by atoms with van der Waals surface area (Å²) >= 11 is 5.71. The quantitative estimate of drug-likeness (QED) is 0.839. The second-order valence-electron chi connectivity index (χ2n) is 5.78. The molecule has 2 aromatic carbocycles. The van der Waals surface area contributed by atoms with Crippen molar-refractivity contribution in [2.24, 2.45) is 0 Å². The van der Waals surface area contributed by atoms with Gasteiger partial charge < -0.3 is 15.3 Å². The number of benzene rings is 2. The van der Waals surface area contributed by atoms with Gasteiger partial charge >= 0.3 is 0 Å². The Labute approximate surface area is 141 Å². The molecule has 2 atom stereocenters. The van der Waals surface area contributed by atoms with Gasteiger partial charge in [-0.3, -0.25) is 0 Å². The minimum atomic E-state index is -0.479. The van der Waals surface area contributed by atoms with Gasteiger partial charge in [0.25, 0.3) is 0 Å². The van der Waals surface area contributed by atoms with Crippen LogP contribution in [0.1, 0.15) is 30.1 Å². The molecule has 5 heteroatoms. The molecule has 0 saturated heterocycles. The number of nitrogens with zero attached hydrogens (tertiary/aromatic N) is 1. The largest absolute Gasteiger partial charge is 0.394 e. The molecule has 2 N–H and O–H groups in total. The maximum absolute atomic E-state index is 13.6. The fourth-order valence-electron chi connectivity index (χ4n) is 2.44. The number of hydrogen-bond donors (Lipinski definition) is 2. The number of hydrogen-bond acceptors (Lipinski definition) is 3. The lowest BCUT2D eigenvalue weighted by Gasteiger charge is -2.23. The molecule has 0 fully saturated rings. The lowest BCUT2D eigenvalue weighted by atomic mass is 10.0. The lowest BCUT2D eigenvalue weighted by molar-refractivity contribution is 0.235. The van der Waals surface area contributed by atoms with E-state index in [2.05, 4.69) is 5.32 Å². The third-order valence-electron chi connectivity index (χ3n) is 3.89. The summed E-state index contributed by atoms with van der Waals surface area (Å²) in [6.45, 7) is 1.89. The fraction of sp³-hybridized carbons (Fsp3) is 0.333. The summed E-state index contributed by atoms with van der Waals surface area (Å²) in [6, 6.07) is 12.4. The van der Waals surface area contributed by atoms with E-state index in [-0.39, 0.29) is 23.7 Å². The predicted octanol–water partition coefficient (Wildman–Crippen LogP) is 3.93. The van der Waals surface area contributed by atoms with Gasteiger partial charge in [-0.25, -0.2) is 4.39 Å². The standard InChI is InChI=1S/C18H22ClFN2O/c1-12(13-4-7-15(8-5-13)22(2)3)21-18(11-23)14-6-9-16(19)17(20)10-14/h4-10,12,18,21,23H,11H2,1-3H3. The third kappa shape index (κ3) is 4.44. The van der Waals surface area contributed by atoms with Gasteiger partial charge in [-0.2, -0.15) is 0 Å². The normalized spacial score (nSPS) is 13.7. The van der Waals surface area contributed by atoms with E-state index in [4.69, 9.17) is 11.6 Å². The molecule has 3 nitrogen and oxygen atoms in total. The predicted molar refractivity (Wildman–Crippen MR) is 93.6 cm³/mol. The average molecular weight is 337 g/mol. The SMILES string of the molecule is CC(NC(CO)c1ccc(Cl)c(F)c1)c1ccc(N(C)C)cc1. The Hall–Kier alpha value is -1.62. The van der Waals surface area contributed by atoms with Crippen LogP contribution >= 0.6 is 11.6 Å². The van der Waals surface area contributed by atoms with Crippen LogP contribution in [0.25, 0.3) is 0 Å². The van der Waals surface area contributed by atoms with Crippen LogP contribution in [-0.4, -0.2) is 25.8 Å². The van der Waals surface area contributed by atoms with Crippen molar-refractivity contribution in [2.75, 3.05) is 25.6 Å². The molecule has 0 aromatic heterocycles. The molecule has 0 aliphatic rings. The topological polar surface area (TPSA) is 35.5 Å². The molecule has 0 aliphatic carbocycles. The van der Waals surface area contributed by atoms with Crippen molar-refractivity contribution in [3.8, 4) is 0 Å². The summed E-state index contributed by atoms with van der Waals surface area (Å²) in [5, 5.41) is 13.0.